The van der Waals surface area contributed by atoms with Crippen LogP contribution in [0.1, 0.15) is 181 Å². The van der Waals surface area contributed by atoms with E-state index in [9.17, 15) is 14.3 Å². The summed E-state index contributed by atoms with van der Waals surface area (Å²) < 4.78 is 33.3. The largest absolute Gasteiger partial charge is 0.472 e. The van der Waals surface area contributed by atoms with E-state index in [1.165, 1.54) is 116 Å². The van der Waals surface area contributed by atoms with Crippen LogP contribution in [0, 0.1) is 0 Å². The average molecular weight is 728 g/mol. The normalized spacial score (nSPS) is 13.9. The first kappa shape index (κ1) is 48.7. The molecule has 50 heavy (non-hydrogen) atoms. The Morgan fingerprint density at radius 3 is 1.58 bits per heavy atom. The number of allylic oxidation sites excluding steroid dienone is 6. The van der Waals surface area contributed by atoms with Gasteiger partial charge in [0.05, 0.1) is 19.8 Å². The van der Waals surface area contributed by atoms with Crippen molar-refractivity contribution in [3.8, 4) is 0 Å². The summed E-state index contributed by atoms with van der Waals surface area (Å²) >= 11 is 0. The molecule has 0 aromatic carbocycles. The minimum absolute atomic E-state index is 0.0947. The number of ether oxygens (including phenoxy) is 2. The molecule has 0 aromatic heterocycles. The van der Waals surface area contributed by atoms with E-state index in [1.54, 1.807) is 0 Å². The number of phosphoric ester groups is 1. The Morgan fingerprint density at radius 2 is 1.06 bits per heavy atom. The van der Waals surface area contributed by atoms with Crippen molar-refractivity contribution in [2.75, 3.05) is 33.0 Å². The van der Waals surface area contributed by atoms with E-state index >= 15 is 0 Å². The van der Waals surface area contributed by atoms with Crippen LogP contribution < -0.4 is 5.73 Å². The highest BCUT2D eigenvalue weighted by molar-refractivity contribution is 7.47. The predicted octanol–water partition coefficient (Wildman–Crippen LogP) is 11.9. The maximum Gasteiger partial charge on any atom is 0.472 e. The van der Waals surface area contributed by atoms with Crippen LogP contribution in [-0.4, -0.2) is 49.9 Å². The van der Waals surface area contributed by atoms with Crippen molar-refractivity contribution in [3.63, 3.8) is 0 Å². The van der Waals surface area contributed by atoms with E-state index in [-0.39, 0.29) is 38.8 Å². The van der Waals surface area contributed by atoms with Gasteiger partial charge in [0.15, 0.2) is 0 Å². The van der Waals surface area contributed by atoms with Crippen LogP contribution in [0.4, 0.5) is 0 Å². The van der Waals surface area contributed by atoms with Crippen molar-refractivity contribution in [3.05, 3.63) is 36.5 Å². The van der Waals surface area contributed by atoms with Crippen molar-refractivity contribution in [1.82, 2.24) is 0 Å². The van der Waals surface area contributed by atoms with E-state index < -0.39 is 13.9 Å². The van der Waals surface area contributed by atoms with E-state index in [1.807, 2.05) is 0 Å². The summed E-state index contributed by atoms with van der Waals surface area (Å²) in [7, 11) is -4.28. The number of hydrogen-bond donors (Lipinski definition) is 2. The molecule has 0 heterocycles. The molecule has 0 fully saturated rings. The van der Waals surface area contributed by atoms with E-state index in [0.29, 0.717) is 13.0 Å². The van der Waals surface area contributed by atoms with E-state index in [4.69, 9.17) is 24.3 Å². The van der Waals surface area contributed by atoms with Gasteiger partial charge in [-0.05, 0) is 51.4 Å². The molecule has 0 radical (unpaired) electrons. The first-order valence-electron chi connectivity index (χ1n) is 20.5. The minimum Gasteiger partial charge on any atom is -0.457 e. The molecule has 3 N–H and O–H groups in total. The molecule has 1 unspecified atom stereocenters. The zero-order valence-electron chi connectivity index (χ0n) is 32.4. The van der Waals surface area contributed by atoms with Crippen LogP contribution in [0.5, 0.6) is 0 Å². The predicted molar refractivity (Wildman–Crippen MR) is 210 cm³/mol. The third-order valence-corrected chi connectivity index (χ3v) is 9.54. The molecule has 0 saturated heterocycles. The van der Waals surface area contributed by atoms with Crippen LogP contribution in [0.2, 0.25) is 0 Å². The number of carbonyl (C=O) groups excluding carboxylic acids is 1. The molecule has 0 amide bonds. The summed E-state index contributed by atoms with van der Waals surface area (Å²) in [5.74, 6) is -0.366. The van der Waals surface area contributed by atoms with Gasteiger partial charge in [0.25, 0.3) is 0 Å². The van der Waals surface area contributed by atoms with Crippen LogP contribution in [0.3, 0.4) is 0 Å². The number of rotatable bonds is 39. The molecule has 0 spiro atoms. The van der Waals surface area contributed by atoms with E-state index in [0.717, 1.165) is 38.5 Å². The molecule has 294 valence electrons. The summed E-state index contributed by atoms with van der Waals surface area (Å²) in [5.41, 5.74) is 5.36. The summed E-state index contributed by atoms with van der Waals surface area (Å²) in [6.07, 6.45) is 43.0. The van der Waals surface area contributed by atoms with Crippen molar-refractivity contribution in [2.24, 2.45) is 5.73 Å². The SMILES string of the molecule is CCCCC/C=C\C/C=C\C/C=C\CCCCC(=O)O[C@H](COCCCCCCCCCCCCCCCCCC)COP(=O)(O)OCCN. The zero-order chi connectivity index (χ0) is 36.6. The van der Waals surface area contributed by atoms with Crippen LogP contribution >= 0.6 is 7.82 Å². The number of phosphoric acid groups is 1. The van der Waals surface area contributed by atoms with Gasteiger partial charge in [0, 0.05) is 19.6 Å². The molecule has 0 aromatic rings. The quantitative estimate of drug-likeness (QED) is 0.0278. The molecule has 8 nitrogen and oxygen atoms in total. The van der Waals surface area contributed by atoms with Gasteiger partial charge in [-0.3, -0.25) is 13.8 Å². The smallest absolute Gasteiger partial charge is 0.457 e. The summed E-state index contributed by atoms with van der Waals surface area (Å²) in [6.45, 7) is 4.85. The lowest BCUT2D eigenvalue weighted by Crippen LogP contribution is -2.28. The monoisotopic (exact) mass is 728 g/mol. The Kier molecular flexibility index (Phi) is 37.9. The zero-order valence-corrected chi connectivity index (χ0v) is 33.3. The number of esters is 1. The summed E-state index contributed by atoms with van der Waals surface area (Å²) in [5, 5.41) is 0. The van der Waals surface area contributed by atoms with Crippen LogP contribution in [0.25, 0.3) is 0 Å². The lowest BCUT2D eigenvalue weighted by molar-refractivity contribution is -0.154. The fraction of sp³-hybridized carbons (Fsp3) is 0.829. The first-order valence-corrected chi connectivity index (χ1v) is 22.0. The highest BCUT2D eigenvalue weighted by Gasteiger charge is 2.25. The number of hydrogen-bond acceptors (Lipinski definition) is 7. The standard InChI is InChI=1S/C41H78NO7P/c1-3-5-7-9-11-13-15-17-19-21-23-25-27-29-31-33-36-46-38-40(39-48-50(44,45)47-37-35-42)49-41(43)34-32-30-28-26-24-22-20-18-16-14-12-10-8-6-4-2/h12,14,18,20,24,26,40H,3-11,13,15-17,19,21-23,25,27-39,42H2,1-2H3,(H,44,45)/b14-12-,20-18-,26-24-/t40-/m1/s1. The summed E-state index contributed by atoms with van der Waals surface area (Å²) in [6, 6.07) is 0. The molecular weight excluding hydrogens is 649 g/mol. The fourth-order valence-corrected chi connectivity index (χ4v) is 6.30. The Balaban J connectivity index is 4.11. The third kappa shape index (κ3) is 38.0. The highest BCUT2D eigenvalue weighted by atomic mass is 31.2. The molecule has 0 saturated carbocycles. The molecule has 0 aliphatic rings. The van der Waals surface area contributed by atoms with Crippen molar-refractivity contribution < 1.29 is 32.8 Å². The van der Waals surface area contributed by atoms with Crippen molar-refractivity contribution in [2.45, 2.75) is 187 Å². The molecule has 2 atom stereocenters. The molecule has 0 aliphatic carbocycles. The molecule has 0 rings (SSSR count). The molecule has 0 bridgehead atoms. The first-order chi connectivity index (χ1) is 24.4. The Bertz CT molecular complexity index is 864. The van der Waals surface area contributed by atoms with Crippen molar-refractivity contribution in [1.29, 1.82) is 0 Å². The highest BCUT2D eigenvalue weighted by Crippen LogP contribution is 2.43. The minimum atomic E-state index is -4.28. The Labute approximate surface area is 308 Å². The van der Waals surface area contributed by atoms with Gasteiger partial charge >= 0.3 is 13.8 Å². The van der Waals surface area contributed by atoms with Crippen LogP contribution in [-0.2, 0) is 27.9 Å². The topological polar surface area (TPSA) is 117 Å². The van der Waals surface area contributed by atoms with Gasteiger partial charge in [-0.25, -0.2) is 4.57 Å². The second-order valence-corrected chi connectivity index (χ2v) is 15.0. The average Bonchev–Trinajstić information content (AvgIpc) is 3.10. The fourth-order valence-electron chi connectivity index (χ4n) is 5.53. The lowest BCUT2D eigenvalue weighted by atomic mass is 10.0. The lowest BCUT2D eigenvalue weighted by Gasteiger charge is -2.20. The maximum atomic E-state index is 12.5. The van der Waals surface area contributed by atoms with Gasteiger partial charge < -0.3 is 20.1 Å². The van der Waals surface area contributed by atoms with E-state index in [2.05, 4.69) is 50.3 Å². The molecule has 0 aliphatic heterocycles. The van der Waals surface area contributed by atoms with Gasteiger partial charge in [-0.2, -0.15) is 0 Å². The van der Waals surface area contributed by atoms with Crippen molar-refractivity contribution >= 4 is 13.8 Å². The summed E-state index contributed by atoms with van der Waals surface area (Å²) in [4.78, 5) is 22.4. The second-order valence-electron chi connectivity index (χ2n) is 13.5. The maximum absolute atomic E-state index is 12.5. The van der Waals surface area contributed by atoms with Crippen LogP contribution in [0.15, 0.2) is 36.5 Å². The molecular formula is C41H78NO7P. The second kappa shape index (κ2) is 38.9. The molecule has 9 heteroatoms. The van der Waals surface area contributed by atoms with Gasteiger partial charge in [-0.1, -0.05) is 159 Å². The van der Waals surface area contributed by atoms with Gasteiger partial charge in [0.2, 0.25) is 0 Å². The Morgan fingerprint density at radius 1 is 0.600 bits per heavy atom. The third-order valence-electron chi connectivity index (χ3n) is 8.56. The number of carbonyl (C=O) groups is 1. The van der Waals surface area contributed by atoms with Gasteiger partial charge in [-0.15, -0.1) is 0 Å². The Hall–Kier alpha value is -1.28. The number of unbranched alkanes of at least 4 members (excludes halogenated alkanes) is 20. The number of nitrogens with two attached hydrogens (primary N) is 1. The van der Waals surface area contributed by atoms with Gasteiger partial charge in [0.1, 0.15) is 6.10 Å².